The number of amides is 1. The van der Waals surface area contributed by atoms with E-state index < -0.39 is 21.7 Å². The number of halogens is 2. The van der Waals surface area contributed by atoms with Gasteiger partial charge in [-0.25, -0.2) is 12.8 Å². The van der Waals surface area contributed by atoms with E-state index in [1.165, 1.54) is 30.3 Å². The van der Waals surface area contributed by atoms with Gasteiger partial charge in [-0.05, 0) is 30.3 Å². The van der Waals surface area contributed by atoms with Gasteiger partial charge in [0.15, 0.2) is 0 Å². The Morgan fingerprint density at radius 1 is 1.10 bits per heavy atom. The van der Waals surface area contributed by atoms with Crippen molar-refractivity contribution in [2.24, 2.45) is 0 Å². The van der Waals surface area contributed by atoms with E-state index in [1.807, 2.05) is 10.3 Å². The minimum absolute atomic E-state index is 0.0307. The third-order valence-corrected chi connectivity index (χ3v) is 4.02. The maximum absolute atomic E-state index is 13.5. The summed E-state index contributed by atoms with van der Waals surface area (Å²) in [6.07, 6.45) is 0. The largest absolute Gasteiger partial charge is 0.273 e. The lowest BCUT2D eigenvalue weighted by Crippen LogP contribution is -2.41. The maximum Gasteiger partial charge on any atom is 0.269 e. The Balaban J connectivity index is 2.13. The predicted octanol–water partition coefficient (Wildman–Crippen LogP) is 2.10. The molecule has 5 nitrogen and oxygen atoms in total. The summed E-state index contributed by atoms with van der Waals surface area (Å²) in [5, 5.41) is 0.160. The van der Waals surface area contributed by atoms with E-state index in [9.17, 15) is 17.6 Å². The lowest BCUT2D eigenvalue weighted by atomic mass is 10.2. The Morgan fingerprint density at radius 2 is 1.76 bits per heavy atom. The Kier molecular flexibility index (Phi) is 4.56. The van der Waals surface area contributed by atoms with Gasteiger partial charge in [0.25, 0.3) is 15.9 Å². The molecule has 0 radical (unpaired) electrons. The first kappa shape index (κ1) is 15.4. The standard InChI is InChI=1S/C13H10ClFN2O3S/c14-9-6-7-12(15)11(8-9)13(18)16-17-21(19,20)10-4-2-1-3-5-10/h1-8,17H,(H,16,18). The molecule has 0 saturated carbocycles. The van der Waals surface area contributed by atoms with Crippen LogP contribution in [0.2, 0.25) is 5.02 Å². The van der Waals surface area contributed by atoms with E-state index in [2.05, 4.69) is 0 Å². The summed E-state index contributed by atoms with van der Waals surface area (Å²) >= 11 is 5.66. The molecule has 0 saturated heterocycles. The van der Waals surface area contributed by atoms with Crippen LogP contribution in [0.1, 0.15) is 10.4 Å². The van der Waals surface area contributed by atoms with Crippen LogP contribution in [-0.2, 0) is 10.0 Å². The molecule has 0 fully saturated rings. The smallest absolute Gasteiger partial charge is 0.269 e. The molecule has 0 aromatic heterocycles. The molecule has 0 heterocycles. The fraction of sp³-hybridized carbons (Fsp3) is 0. The lowest BCUT2D eigenvalue weighted by Gasteiger charge is -2.09. The van der Waals surface area contributed by atoms with Crippen LogP contribution >= 0.6 is 11.6 Å². The zero-order valence-corrected chi connectivity index (χ0v) is 12.1. The third-order valence-electron chi connectivity index (χ3n) is 2.53. The second kappa shape index (κ2) is 6.21. The fourth-order valence-corrected chi connectivity index (χ4v) is 2.54. The van der Waals surface area contributed by atoms with Crippen molar-refractivity contribution in [3.63, 3.8) is 0 Å². The van der Waals surface area contributed by atoms with Crippen LogP contribution in [0.4, 0.5) is 4.39 Å². The van der Waals surface area contributed by atoms with Gasteiger partial charge in [0, 0.05) is 5.02 Å². The van der Waals surface area contributed by atoms with E-state index >= 15 is 0 Å². The minimum atomic E-state index is -3.92. The normalized spacial score (nSPS) is 11.1. The van der Waals surface area contributed by atoms with Gasteiger partial charge < -0.3 is 0 Å². The molecule has 0 bridgehead atoms. The highest BCUT2D eigenvalue weighted by Crippen LogP contribution is 2.14. The van der Waals surface area contributed by atoms with Crippen molar-refractivity contribution in [3.05, 3.63) is 64.9 Å². The number of hydrogen-bond donors (Lipinski definition) is 2. The van der Waals surface area contributed by atoms with Gasteiger partial charge >= 0.3 is 0 Å². The first-order valence-electron chi connectivity index (χ1n) is 5.72. The molecule has 110 valence electrons. The van der Waals surface area contributed by atoms with Crippen LogP contribution in [0.5, 0.6) is 0 Å². The fourth-order valence-electron chi connectivity index (χ4n) is 1.51. The van der Waals surface area contributed by atoms with Crippen LogP contribution < -0.4 is 10.3 Å². The molecule has 2 N–H and O–H groups in total. The van der Waals surface area contributed by atoms with E-state index in [0.717, 1.165) is 12.1 Å². The molecule has 0 aliphatic rings. The van der Waals surface area contributed by atoms with Gasteiger partial charge in [-0.1, -0.05) is 29.8 Å². The Bertz CT molecular complexity index is 766. The molecule has 2 rings (SSSR count). The van der Waals surface area contributed by atoms with Gasteiger partial charge in [-0.3, -0.25) is 10.2 Å². The molecule has 2 aromatic rings. The quantitative estimate of drug-likeness (QED) is 0.844. The summed E-state index contributed by atoms with van der Waals surface area (Å²) in [5.41, 5.74) is 1.57. The van der Waals surface area contributed by atoms with Crippen LogP contribution in [0, 0.1) is 5.82 Å². The minimum Gasteiger partial charge on any atom is -0.273 e. The summed E-state index contributed by atoms with van der Waals surface area (Å²) in [6, 6.07) is 10.8. The number of hydrazine groups is 1. The van der Waals surface area contributed by atoms with Gasteiger partial charge in [0.2, 0.25) is 0 Å². The van der Waals surface area contributed by atoms with E-state index in [1.54, 1.807) is 6.07 Å². The topological polar surface area (TPSA) is 75.3 Å². The summed E-state index contributed by atoms with van der Waals surface area (Å²) in [6.45, 7) is 0. The van der Waals surface area contributed by atoms with Gasteiger partial charge in [-0.15, -0.1) is 4.83 Å². The van der Waals surface area contributed by atoms with Crippen molar-refractivity contribution in [2.75, 3.05) is 0 Å². The number of benzene rings is 2. The average molecular weight is 329 g/mol. The predicted molar refractivity (Wildman–Crippen MR) is 75.6 cm³/mol. The average Bonchev–Trinajstić information content (AvgIpc) is 2.48. The zero-order valence-electron chi connectivity index (χ0n) is 10.5. The Morgan fingerprint density at radius 3 is 2.43 bits per heavy atom. The zero-order chi connectivity index (χ0) is 15.5. The Labute approximate surface area is 125 Å². The van der Waals surface area contributed by atoms with Crippen LogP contribution in [0.3, 0.4) is 0 Å². The van der Waals surface area contributed by atoms with E-state index in [-0.39, 0.29) is 15.5 Å². The van der Waals surface area contributed by atoms with E-state index in [4.69, 9.17) is 11.6 Å². The number of nitrogens with one attached hydrogen (secondary N) is 2. The highest BCUT2D eigenvalue weighted by atomic mass is 35.5. The van der Waals surface area contributed by atoms with Gasteiger partial charge in [0.05, 0.1) is 10.5 Å². The number of sulfonamides is 1. The summed E-state index contributed by atoms with van der Waals surface area (Å²) in [5.74, 6) is -1.76. The Hall–Kier alpha value is -1.96. The van der Waals surface area contributed by atoms with Crippen molar-refractivity contribution < 1.29 is 17.6 Å². The van der Waals surface area contributed by atoms with Gasteiger partial charge in [-0.2, -0.15) is 0 Å². The molecular formula is C13H10ClFN2O3S. The summed E-state index contributed by atoms with van der Waals surface area (Å²) in [4.78, 5) is 13.6. The molecule has 0 atom stereocenters. The molecule has 0 unspecified atom stereocenters. The van der Waals surface area contributed by atoms with Crippen LogP contribution in [0.25, 0.3) is 0 Å². The molecule has 0 aliphatic heterocycles. The SMILES string of the molecule is O=C(NNS(=O)(=O)c1ccccc1)c1cc(Cl)ccc1F. The van der Waals surface area contributed by atoms with Crippen molar-refractivity contribution in [3.8, 4) is 0 Å². The van der Waals surface area contributed by atoms with Crippen molar-refractivity contribution in [1.29, 1.82) is 0 Å². The third kappa shape index (κ3) is 3.78. The second-order valence-electron chi connectivity index (χ2n) is 4.00. The second-order valence-corrected chi connectivity index (χ2v) is 6.12. The molecule has 21 heavy (non-hydrogen) atoms. The maximum atomic E-state index is 13.5. The van der Waals surface area contributed by atoms with Gasteiger partial charge in [0.1, 0.15) is 5.82 Å². The number of carbonyl (C=O) groups excluding carboxylic acids is 1. The lowest BCUT2D eigenvalue weighted by molar-refractivity contribution is 0.0941. The molecular weight excluding hydrogens is 319 g/mol. The molecule has 0 aliphatic carbocycles. The van der Waals surface area contributed by atoms with E-state index in [0.29, 0.717) is 0 Å². The molecule has 8 heteroatoms. The summed E-state index contributed by atoms with van der Waals surface area (Å²) in [7, 11) is -3.92. The first-order chi connectivity index (χ1) is 9.90. The molecule has 1 amide bonds. The van der Waals surface area contributed by atoms with Crippen LogP contribution in [0.15, 0.2) is 53.4 Å². The highest BCUT2D eigenvalue weighted by molar-refractivity contribution is 7.89. The van der Waals surface area contributed by atoms with Crippen molar-refractivity contribution in [2.45, 2.75) is 4.90 Å². The molecule has 2 aromatic carbocycles. The van der Waals surface area contributed by atoms with Crippen molar-refractivity contribution in [1.82, 2.24) is 10.3 Å². The number of hydrogen-bond acceptors (Lipinski definition) is 3. The monoisotopic (exact) mass is 328 g/mol. The number of rotatable bonds is 4. The summed E-state index contributed by atoms with van der Waals surface area (Å²) < 4.78 is 37.2. The first-order valence-corrected chi connectivity index (χ1v) is 7.58. The molecule has 0 spiro atoms. The van der Waals surface area contributed by atoms with Crippen molar-refractivity contribution >= 4 is 27.5 Å². The highest BCUT2D eigenvalue weighted by Gasteiger charge is 2.17. The van der Waals surface area contributed by atoms with Crippen LogP contribution in [-0.4, -0.2) is 14.3 Å². The number of carbonyl (C=O) groups is 1.